The van der Waals surface area contributed by atoms with E-state index in [0.717, 1.165) is 20.8 Å². The topological polar surface area (TPSA) is 76.0 Å². The fourth-order valence-corrected chi connectivity index (χ4v) is 2.83. The molecule has 8 heteroatoms. The number of nitrogens with zero attached hydrogens (tertiary/aromatic N) is 2. The van der Waals surface area contributed by atoms with Gasteiger partial charge in [-0.3, -0.25) is 25.1 Å². The third kappa shape index (κ3) is 5.72. The maximum absolute atomic E-state index is 11.8. The van der Waals surface area contributed by atoms with Crippen LogP contribution in [0.15, 0.2) is 39.7 Å². The predicted molar refractivity (Wildman–Crippen MR) is 92.9 cm³/mol. The number of amides is 2. The molecule has 2 aromatic rings. The van der Waals surface area contributed by atoms with Gasteiger partial charge in [0.2, 0.25) is 5.91 Å². The molecule has 122 valence electrons. The fourth-order valence-electron chi connectivity index (χ4n) is 1.87. The van der Waals surface area contributed by atoms with Crippen LogP contribution in [0.2, 0.25) is 0 Å². The third-order valence-corrected chi connectivity index (χ3v) is 4.46. The van der Waals surface area contributed by atoms with Gasteiger partial charge in [-0.25, -0.2) is 0 Å². The SMILES string of the molecule is Cc1cc(C)n(CC(=O)NNC(=O)CSc2ccc(Br)cc2)n1. The van der Waals surface area contributed by atoms with Crippen molar-refractivity contribution >= 4 is 39.5 Å². The van der Waals surface area contributed by atoms with E-state index < -0.39 is 0 Å². The first-order valence-corrected chi connectivity index (χ1v) is 8.69. The molecule has 0 aliphatic rings. The number of halogens is 1. The zero-order valence-corrected chi connectivity index (χ0v) is 15.2. The van der Waals surface area contributed by atoms with Crippen molar-refractivity contribution in [3.05, 3.63) is 46.2 Å². The molecule has 1 aromatic heterocycles. The molecule has 2 rings (SSSR count). The summed E-state index contributed by atoms with van der Waals surface area (Å²) in [7, 11) is 0. The molecule has 0 atom stereocenters. The van der Waals surface area contributed by atoms with Crippen LogP contribution in [0.5, 0.6) is 0 Å². The Kier molecular flexibility index (Phi) is 6.23. The number of thioether (sulfide) groups is 1. The number of aryl methyl sites for hydroxylation is 2. The van der Waals surface area contributed by atoms with Crippen molar-refractivity contribution in [1.29, 1.82) is 0 Å². The van der Waals surface area contributed by atoms with Crippen molar-refractivity contribution in [1.82, 2.24) is 20.6 Å². The van der Waals surface area contributed by atoms with E-state index in [9.17, 15) is 9.59 Å². The molecule has 1 heterocycles. The smallest absolute Gasteiger partial charge is 0.260 e. The van der Waals surface area contributed by atoms with Crippen molar-refractivity contribution in [2.45, 2.75) is 25.3 Å². The van der Waals surface area contributed by atoms with Crippen molar-refractivity contribution in [3.63, 3.8) is 0 Å². The van der Waals surface area contributed by atoms with Crippen LogP contribution in [0.3, 0.4) is 0 Å². The van der Waals surface area contributed by atoms with E-state index in [1.54, 1.807) is 4.68 Å². The van der Waals surface area contributed by atoms with E-state index in [2.05, 4.69) is 31.9 Å². The number of carbonyl (C=O) groups excluding carboxylic acids is 2. The lowest BCUT2D eigenvalue weighted by atomic mass is 10.4. The molecule has 0 bridgehead atoms. The van der Waals surface area contributed by atoms with Gasteiger partial charge in [-0.05, 0) is 44.2 Å². The van der Waals surface area contributed by atoms with Crippen LogP contribution < -0.4 is 10.9 Å². The maximum atomic E-state index is 11.8. The largest absolute Gasteiger partial charge is 0.272 e. The van der Waals surface area contributed by atoms with Crippen LogP contribution in [0.1, 0.15) is 11.4 Å². The molecule has 0 aliphatic carbocycles. The number of carbonyl (C=O) groups is 2. The monoisotopic (exact) mass is 396 g/mol. The lowest BCUT2D eigenvalue weighted by Crippen LogP contribution is -2.44. The Morgan fingerprint density at radius 3 is 2.43 bits per heavy atom. The number of rotatable bonds is 5. The highest BCUT2D eigenvalue weighted by molar-refractivity contribution is 9.10. The first-order chi connectivity index (χ1) is 10.9. The first kappa shape index (κ1) is 17.6. The summed E-state index contributed by atoms with van der Waals surface area (Å²) in [5, 5.41) is 4.20. The zero-order valence-electron chi connectivity index (χ0n) is 12.8. The van der Waals surface area contributed by atoms with Crippen LogP contribution in [0.4, 0.5) is 0 Å². The minimum Gasteiger partial charge on any atom is -0.272 e. The Morgan fingerprint density at radius 2 is 1.83 bits per heavy atom. The second-order valence-electron chi connectivity index (χ2n) is 4.92. The van der Waals surface area contributed by atoms with Crippen LogP contribution in [-0.4, -0.2) is 27.3 Å². The first-order valence-electron chi connectivity index (χ1n) is 6.91. The minimum atomic E-state index is -0.321. The standard InChI is InChI=1S/C15H17BrN4O2S/c1-10-7-11(2)20(19-10)8-14(21)17-18-15(22)9-23-13-5-3-12(16)4-6-13/h3-7H,8-9H2,1-2H3,(H,17,21)(H,18,22). The number of aromatic nitrogens is 2. The van der Waals surface area contributed by atoms with Gasteiger partial charge in [-0.2, -0.15) is 5.10 Å². The highest BCUT2D eigenvalue weighted by Crippen LogP contribution is 2.20. The normalized spacial score (nSPS) is 10.4. The fraction of sp³-hybridized carbons (Fsp3) is 0.267. The molecule has 2 N–H and O–H groups in total. The van der Waals surface area contributed by atoms with Gasteiger partial charge >= 0.3 is 0 Å². The highest BCUT2D eigenvalue weighted by Gasteiger charge is 2.08. The number of benzene rings is 1. The molecule has 0 unspecified atom stereocenters. The molecule has 0 radical (unpaired) electrons. The number of nitrogens with one attached hydrogen (secondary N) is 2. The highest BCUT2D eigenvalue weighted by atomic mass is 79.9. The van der Waals surface area contributed by atoms with E-state index >= 15 is 0 Å². The van der Waals surface area contributed by atoms with E-state index in [4.69, 9.17) is 0 Å². The molecule has 0 saturated carbocycles. The molecular formula is C15H17BrN4O2S. The summed E-state index contributed by atoms with van der Waals surface area (Å²) < 4.78 is 2.58. The summed E-state index contributed by atoms with van der Waals surface area (Å²) in [5.74, 6) is -0.361. The second kappa shape index (κ2) is 8.16. The van der Waals surface area contributed by atoms with Gasteiger partial charge in [0.05, 0.1) is 11.4 Å². The van der Waals surface area contributed by atoms with Crippen molar-refractivity contribution in [2.75, 3.05) is 5.75 Å². The Morgan fingerprint density at radius 1 is 1.17 bits per heavy atom. The van der Waals surface area contributed by atoms with Crippen molar-refractivity contribution < 1.29 is 9.59 Å². The quantitative estimate of drug-likeness (QED) is 0.599. The van der Waals surface area contributed by atoms with E-state index in [0.29, 0.717) is 0 Å². The summed E-state index contributed by atoms with van der Waals surface area (Å²) in [5.41, 5.74) is 6.54. The Hall–Kier alpha value is -1.80. The number of hydrazine groups is 1. The molecule has 2 amide bonds. The molecule has 0 saturated heterocycles. The van der Waals surface area contributed by atoms with Gasteiger partial charge in [0, 0.05) is 15.1 Å². The summed E-state index contributed by atoms with van der Waals surface area (Å²) in [4.78, 5) is 24.5. The van der Waals surface area contributed by atoms with Gasteiger partial charge in [0.15, 0.2) is 0 Å². The predicted octanol–water partition coefficient (Wildman–Crippen LogP) is 2.20. The van der Waals surface area contributed by atoms with Gasteiger partial charge in [-0.1, -0.05) is 15.9 Å². The Balaban J connectivity index is 1.72. The molecule has 6 nitrogen and oxygen atoms in total. The Bertz CT molecular complexity index is 700. The van der Waals surface area contributed by atoms with Crippen LogP contribution >= 0.6 is 27.7 Å². The van der Waals surface area contributed by atoms with Crippen LogP contribution in [0.25, 0.3) is 0 Å². The molecule has 0 spiro atoms. The Labute approximate surface area is 147 Å². The van der Waals surface area contributed by atoms with E-state index in [1.165, 1.54) is 11.8 Å². The molecule has 23 heavy (non-hydrogen) atoms. The van der Waals surface area contributed by atoms with Gasteiger partial charge < -0.3 is 0 Å². The summed E-state index contributed by atoms with van der Waals surface area (Å²) >= 11 is 4.75. The number of hydrogen-bond acceptors (Lipinski definition) is 4. The minimum absolute atomic E-state index is 0.0693. The van der Waals surface area contributed by atoms with Gasteiger partial charge in [0.25, 0.3) is 5.91 Å². The summed E-state index contributed by atoms with van der Waals surface area (Å²) in [6, 6.07) is 9.56. The van der Waals surface area contributed by atoms with E-state index in [1.807, 2.05) is 44.2 Å². The van der Waals surface area contributed by atoms with E-state index in [-0.39, 0.29) is 24.1 Å². The lowest BCUT2D eigenvalue weighted by molar-refractivity contribution is -0.128. The average molecular weight is 397 g/mol. The average Bonchev–Trinajstić information content (AvgIpc) is 2.82. The molecule has 0 fully saturated rings. The summed E-state index contributed by atoms with van der Waals surface area (Å²) in [6.07, 6.45) is 0. The maximum Gasteiger partial charge on any atom is 0.260 e. The van der Waals surface area contributed by atoms with Gasteiger partial charge in [0.1, 0.15) is 6.54 Å². The molecule has 1 aromatic carbocycles. The third-order valence-electron chi connectivity index (χ3n) is 2.92. The molecular weight excluding hydrogens is 380 g/mol. The van der Waals surface area contributed by atoms with Crippen molar-refractivity contribution in [3.8, 4) is 0 Å². The van der Waals surface area contributed by atoms with Crippen LogP contribution in [0, 0.1) is 13.8 Å². The van der Waals surface area contributed by atoms with Crippen LogP contribution in [-0.2, 0) is 16.1 Å². The van der Waals surface area contributed by atoms with Crippen molar-refractivity contribution in [2.24, 2.45) is 0 Å². The lowest BCUT2D eigenvalue weighted by Gasteiger charge is -2.08. The zero-order chi connectivity index (χ0) is 16.8. The second-order valence-corrected chi connectivity index (χ2v) is 6.89. The summed E-state index contributed by atoms with van der Waals surface area (Å²) in [6.45, 7) is 3.81. The number of hydrogen-bond donors (Lipinski definition) is 2. The molecule has 0 aliphatic heterocycles. The van der Waals surface area contributed by atoms with Gasteiger partial charge in [-0.15, -0.1) is 11.8 Å².